The summed E-state index contributed by atoms with van der Waals surface area (Å²) in [4.78, 5) is 21.9. The highest BCUT2D eigenvalue weighted by Crippen LogP contribution is 2.02. The first-order chi connectivity index (χ1) is 9.10. The van der Waals surface area contributed by atoms with Gasteiger partial charge in [0.25, 0.3) is 0 Å². The molecule has 0 aromatic rings. The average molecular weight is 272 g/mol. The number of hydrogen-bond acceptors (Lipinski definition) is 2. The zero-order chi connectivity index (χ0) is 14.5. The molecule has 3 N–H and O–H groups in total. The van der Waals surface area contributed by atoms with Crippen LogP contribution in [0.1, 0.15) is 65.2 Å². The monoisotopic (exact) mass is 272 g/mol. The molecular weight excluding hydrogens is 244 g/mol. The first-order valence-electron chi connectivity index (χ1n) is 7.36. The lowest BCUT2D eigenvalue weighted by Crippen LogP contribution is -2.42. The van der Waals surface area contributed by atoms with Crippen LogP contribution in [0.3, 0.4) is 0 Å². The van der Waals surface area contributed by atoms with Crippen LogP contribution in [0, 0.1) is 0 Å². The molecule has 5 heteroatoms. The third-order valence-electron chi connectivity index (χ3n) is 3.07. The summed E-state index contributed by atoms with van der Waals surface area (Å²) in [6, 6.07) is 0.173. The maximum atomic E-state index is 11.6. The maximum Gasteiger partial charge on any atom is 0.315 e. The van der Waals surface area contributed by atoms with E-state index in [1.54, 1.807) is 0 Å². The van der Waals surface area contributed by atoms with Gasteiger partial charge in [0.15, 0.2) is 0 Å². The van der Waals surface area contributed by atoms with Crippen molar-refractivity contribution >= 4 is 12.0 Å². The van der Waals surface area contributed by atoms with E-state index in [9.17, 15) is 9.59 Å². The molecule has 0 rings (SSSR count). The van der Waals surface area contributed by atoms with Gasteiger partial charge in [0, 0.05) is 19.0 Å². The molecule has 19 heavy (non-hydrogen) atoms. The predicted molar refractivity (Wildman–Crippen MR) is 76.2 cm³/mol. The number of unbranched alkanes of at least 4 members (excludes halogenated alkanes) is 3. The van der Waals surface area contributed by atoms with E-state index in [2.05, 4.69) is 24.5 Å². The Morgan fingerprint density at radius 2 is 1.79 bits per heavy atom. The molecule has 0 radical (unpaired) electrons. The summed E-state index contributed by atoms with van der Waals surface area (Å²) >= 11 is 0. The van der Waals surface area contributed by atoms with Crippen molar-refractivity contribution < 1.29 is 14.7 Å². The van der Waals surface area contributed by atoms with Crippen LogP contribution in [-0.2, 0) is 4.79 Å². The number of carboxylic acid groups (broad SMARTS) is 1. The lowest BCUT2D eigenvalue weighted by molar-refractivity contribution is -0.137. The molecule has 0 aliphatic rings. The smallest absolute Gasteiger partial charge is 0.315 e. The highest BCUT2D eigenvalue weighted by Gasteiger charge is 2.08. The molecule has 0 heterocycles. The van der Waals surface area contributed by atoms with Gasteiger partial charge in [0.2, 0.25) is 0 Å². The zero-order valence-electron chi connectivity index (χ0n) is 12.2. The summed E-state index contributed by atoms with van der Waals surface area (Å²) < 4.78 is 0. The summed E-state index contributed by atoms with van der Waals surface area (Å²) in [6.45, 7) is 4.84. The molecule has 5 nitrogen and oxygen atoms in total. The van der Waals surface area contributed by atoms with E-state index in [1.165, 1.54) is 0 Å². The van der Waals surface area contributed by atoms with Gasteiger partial charge in [-0.2, -0.15) is 0 Å². The largest absolute Gasteiger partial charge is 0.481 e. The Morgan fingerprint density at radius 3 is 2.37 bits per heavy atom. The second kappa shape index (κ2) is 11.8. The van der Waals surface area contributed by atoms with Gasteiger partial charge >= 0.3 is 12.0 Å². The number of hydrogen-bond donors (Lipinski definition) is 3. The molecule has 0 aliphatic carbocycles. The minimum atomic E-state index is -0.737. The summed E-state index contributed by atoms with van der Waals surface area (Å²) in [5.41, 5.74) is 0. The highest BCUT2D eigenvalue weighted by molar-refractivity contribution is 5.74. The van der Waals surface area contributed by atoms with Crippen LogP contribution in [0.25, 0.3) is 0 Å². The van der Waals surface area contributed by atoms with Gasteiger partial charge in [-0.05, 0) is 25.7 Å². The summed E-state index contributed by atoms with van der Waals surface area (Å²) in [6.07, 6.45) is 6.76. The normalized spacial score (nSPS) is 11.9. The van der Waals surface area contributed by atoms with Gasteiger partial charge in [-0.15, -0.1) is 0 Å². The number of carboxylic acids is 1. The molecule has 0 aromatic carbocycles. The molecule has 112 valence electrons. The van der Waals surface area contributed by atoms with E-state index in [0.717, 1.165) is 44.9 Å². The summed E-state index contributed by atoms with van der Waals surface area (Å²) in [5, 5.41) is 14.3. The molecule has 0 bridgehead atoms. The van der Waals surface area contributed by atoms with Crippen LogP contribution in [0.2, 0.25) is 0 Å². The van der Waals surface area contributed by atoms with Crippen molar-refractivity contribution in [2.24, 2.45) is 0 Å². The third-order valence-corrected chi connectivity index (χ3v) is 3.07. The van der Waals surface area contributed by atoms with E-state index in [0.29, 0.717) is 6.54 Å². The maximum absolute atomic E-state index is 11.6. The van der Waals surface area contributed by atoms with Gasteiger partial charge in [-0.1, -0.05) is 33.1 Å². The molecule has 0 aliphatic heterocycles. The van der Waals surface area contributed by atoms with Crippen molar-refractivity contribution in [3.8, 4) is 0 Å². The molecule has 0 saturated carbocycles. The van der Waals surface area contributed by atoms with Crippen LogP contribution < -0.4 is 10.6 Å². The van der Waals surface area contributed by atoms with E-state index < -0.39 is 5.97 Å². The second-order valence-corrected chi connectivity index (χ2v) is 4.85. The van der Waals surface area contributed by atoms with Gasteiger partial charge in [-0.3, -0.25) is 4.79 Å². The van der Waals surface area contributed by atoms with E-state index in [-0.39, 0.29) is 18.5 Å². The van der Waals surface area contributed by atoms with Crippen LogP contribution >= 0.6 is 0 Å². The Hall–Kier alpha value is -1.26. The topological polar surface area (TPSA) is 78.4 Å². The van der Waals surface area contributed by atoms with Crippen molar-refractivity contribution in [2.75, 3.05) is 6.54 Å². The second-order valence-electron chi connectivity index (χ2n) is 4.85. The molecular formula is C14H28N2O3. The Kier molecular flexibility index (Phi) is 11.0. The number of carbonyl (C=O) groups is 2. The Labute approximate surface area is 116 Å². The van der Waals surface area contributed by atoms with Crippen molar-refractivity contribution in [1.82, 2.24) is 10.6 Å². The SMILES string of the molecule is CCCC(CC)NC(=O)NCCCCCCC(=O)O. The van der Waals surface area contributed by atoms with Crippen molar-refractivity contribution in [1.29, 1.82) is 0 Å². The third kappa shape index (κ3) is 11.6. The Bertz CT molecular complexity index is 257. The minimum Gasteiger partial charge on any atom is -0.481 e. The number of aliphatic carboxylic acids is 1. The molecule has 1 unspecified atom stereocenters. The fraction of sp³-hybridized carbons (Fsp3) is 0.857. The lowest BCUT2D eigenvalue weighted by Gasteiger charge is -2.16. The first kappa shape index (κ1) is 17.7. The molecule has 0 fully saturated rings. The van der Waals surface area contributed by atoms with Crippen LogP contribution in [0.4, 0.5) is 4.79 Å². The number of rotatable bonds is 11. The van der Waals surface area contributed by atoms with E-state index in [1.807, 2.05) is 0 Å². The number of urea groups is 1. The Balaban J connectivity index is 3.45. The molecule has 0 saturated heterocycles. The quantitative estimate of drug-likeness (QED) is 0.506. The van der Waals surface area contributed by atoms with Gasteiger partial charge in [0.1, 0.15) is 0 Å². The standard InChI is InChI=1S/C14H28N2O3/c1-3-9-12(4-2)16-14(19)15-11-8-6-5-7-10-13(17)18/h12H,3-11H2,1-2H3,(H,17,18)(H2,15,16,19). The highest BCUT2D eigenvalue weighted by atomic mass is 16.4. The molecule has 0 spiro atoms. The van der Waals surface area contributed by atoms with Crippen LogP contribution in [-0.4, -0.2) is 29.7 Å². The molecule has 1 atom stereocenters. The van der Waals surface area contributed by atoms with Crippen LogP contribution in [0.15, 0.2) is 0 Å². The predicted octanol–water partition coefficient (Wildman–Crippen LogP) is 2.90. The van der Waals surface area contributed by atoms with Gasteiger partial charge in [0.05, 0.1) is 0 Å². The van der Waals surface area contributed by atoms with E-state index >= 15 is 0 Å². The lowest BCUT2D eigenvalue weighted by atomic mass is 10.1. The molecule has 2 amide bonds. The van der Waals surface area contributed by atoms with Crippen molar-refractivity contribution in [2.45, 2.75) is 71.3 Å². The van der Waals surface area contributed by atoms with Crippen molar-refractivity contribution in [3.63, 3.8) is 0 Å². The number of amides is 2. The minimum absolute atomic E-state index is 0.0918. The van der Waals surface area contributed by atoms with Gasteiger partial charge < -0.3 is 15.7 Å². The Morgan fingerprint density at radius 1 is 1.11 bits per heavy atom. The first-order valence-corrected chi connectivity index (χ1v) is 7.36. The summed E-state index contributed by atoms with van der Waals surface area (Å²) in [7, 11) is 0. The van der Waals surface area contributed by atoms with Crippen molar-refractivity contribution in [3.05, 3.63) is 0 Å². The number of carbonyl (C=O) groups excluding carboxylic acids is 1. The van der Waals surface area contributed by atoms with Crippen LogP contribution in [0.5, 0.6) is 0 Å². The fourth-order valence-corrected chi connectivity index (χ4v) is 1.92. The zero-order valence-corrected chi connectivity index (χ0v) is 12.2. The number of nitrogens with one attached hydrogen (secondary N) is 2. The van der Waals surface area contributed by atoms with E-state index in [4.69, 9.17) is 5.11 Å². The van der Waals surface area contributed by atoms with Gasteiger partial charge in [-0.25, -0.2) is 4.79 Å². The summed E-state index contributed by atoms with van der Waals surface area (Å²) in [5.74, 6) is -0.737. The fourth-order valence-electron chi connectivity index (χ4n) is 1.92. The molecule has 0 aromatic heterocycles. The average Bonchev–Trinajstić information content (AvgIpc) is 2.36.